The van der Waals surface area contributed by atoms with Crippen LogP contribution in [0.2, 0.25) is 0 Å². The van der Waals surface area contributed by atoms with E-state index in [-0.39, 0.29) is 0 Å². The van der Waals surface area contributed by atoms with Crippen LogP contribution >= 0.6 is 0 Å². The Balaban J connectivity index is 1.94. The van der Waals surface area contributed by atoms with Crippen molar-refractivity contribution in [3.05, 3.63) is 0 Å². The lowest BCUT2D eigenvalue weighted by Crippen LogP contribution is -2.49. The molecule has 0 unspecified atom stereocenters. The molecule has 0 atom stereocenters. The van der Waals surface area contributed by atoms with Gasteiger partial charge < -0.3 is 0 Å². The highest BCUT2D eigenvalue weighted by Gasteiger charge is 2.39. The van der Waals surface area contributed by atoms with E-state index in [1.807, 2.05) is 0 Å². The van der Waals surface area contributed by atoms with Crippen molar-refractivity contribution in [2.24, 2.45) is 5.41 Å². The third-order valence-corrected chi connectivity index (χ3v) is 5.77. The Labute approximate surface area is 126 Å². The molecule has 2 saturated heterocycles. The zero-order valence-electron chi connectivity index (χ0n) is 14.8. The summed E-state index contributed by atoms with van der Waals surface area (Å²) < 4.78 is 0. The zero-order chi connectivity index (χ0) is 15.0. The van der Waals surface area contributed by atoms with E-state index in [0.717, 1.165) is 0 Å². The molecule has 118 valence electrons. The Bertz CT molecular complexity index is 313. The number of hydrogen-bond donors (Lipinski definition) is 0. The Morgan fingerprint density at radius 2 is 1.00 bits per heavy atom. The van der Waals surface area contributed by atoms with Gasteiger partial charge in [-0.3, -0.25) is 9.80 Å². The molecule has 0 aromatic carbocycles. The minimum atomic E-state index is 0.345. The Hall–Kier alpha value is -0.0800. The van der Waals surface area contributed by atoms with Crippen LogP contribution in [-0.4, -0.2) is 47.1 Å². The van der Waals surface area contributed by atoms with E-state index in [9.17, 15) is 0 Å². The van der Waals surface area contributed by atoms with Crippen LogP contribution in [-0.2, 0) is 0 Å². The minimum absolute atomic E-state index is 0.345. The van der Waals surface area contributed by atoms with Gasteiger partial charge in [0.15, 0.2) is 0 Å². The van der Waals surface area contributed by atoms with Gasteiger partial charge in [0.2, 0.25) is 0 Å². The summed E-state index contributed by atoms with van der Waals surface area (Å²) in [5.74, 6) is 0. The molecule has 2 nitrogen and oxygen atoms in total. The topological polar surface area (TPSA) is 6.48 Å². The van der Waals surface area contributed by atoms with E-state index in [4.69, 9.17) is 0 Å². The third-order valence-electron chi connectivity index (χ3n) is 5.77. The maximum atomic E-state index is 2.71. The van der Waals surface area contributed by atoms with E-state index in [0.29, 0.717) is 16.5 Å². The van der Waals surface area contributed by atoms with Crippen molar-refractivity contribution in [3.63, 3.8) is 0 Å². The number of rotatable bonds is 0. The molecule has 0 amide bonds. The van der Waals surface area contributed by atoms with E-state index < -0.39 is 0 Å². The maximum absolute atomic E-state index is 2.71. The fourth-order valence-electron chi connectivity index (χ4n) is 4.08. The van der Waals surface area contributed by atoms with Gasteiger partial charge in [-0.1, -0.05) is 0 Å². The predicted octanol–water partition coefficient (Wildman–Crippen LogP) is 4.15. The molecule has 1 spiro atoms. The summed E-state index contributed by atoms with van der Waals surface area (Å²) in [6.07, 6.45) is 7.11. The normalized spacial score (nSPS) is 26.7. The molecule has 2 heterocycles. The first-order valence-corrected chi connectivity index (χ1v) is 8.63. The van der Waals surface area contributed by atoms with Crippen molar-refractivity contribution in [3.8, 4) is 0 Å². The highest BCUT2D eigenvalue weighted by atomic mass is 15.2. The van der Waals surface area contributed by atoms with E-state index in [2.05, 4.69) is 51.3 Å². The summed E-state index contributed by atoms with van der Waals surface area (Å²) in [5.41, 5.74) is 1.35. The van der Waals surface area contributed by atoms with Gasteiger partial charge in [-0.15, -0.1) is 0 Å². The van der Waals surface area contributed by atoms with Gasteiger partial charge in [0.05, 0.1) is 0 Å². The molecule has 2 heteroatoms. The second-order valence-electron chi connectivity index (χ2n) is 9.17. The summed E-state index contributed by atoms with van der Waals surface area (Å²) in [7, 11) is 0. The summed E-state index contributed by atoms with van der Waals surface area (Å²) >= 11 is 0. The van der Waals surface area contributed by atoms with Crippen molar-refractivity contribution >= 4 is 0 Å². The van der Waals surface area contributed by atoms with E-state index >= 15 is 0 Å². The van der Waals surface area contributed by atoms with Gasteiger partial charge in [0.25, 0.3) is 0 Å². The van der Waals surface area contributed by atoms with Crippen molar-refractivity contribution in [1.29, 1.82) is 0 Å². The quantitative estimate of drug-likeness (QED) is 0.657. The van der Waals surface area contributed by atoms with Crippen LogP contribution in [0.25, 0.3) is 0 Å². The lowest BCUT2D eigenvalue weighted by Gasteiger charge is -2.46. The SMILES string of the molecule is CC(C)(C)N1CCCC2(CC1)CCN(C(C)(C)C)CC2. The average Bonchev–Trinajstić information content (AvgIpc) is 2.51. The summed E-state index contributed by atoms with van der Waals surface area (Å²) in [5, 5.41) is 0. The van der Waals surface area contributed by atoms with Crippen LogP contribution < -0.4 is 0 Å². The molecule has 0 bridgehead atoms. The number of piperidine rings is 1. The molecule has 0 N–H and O–H groups in total. The second kappa shape index (κ2) is 5.61. The fourth-order valence-corrected chi connectivity index (χ4v) is 4.08. The van der Waals surface area contributed by atoms with Gasteiger partial charge in [0.1, 0.15) is 0 Å². The largest absolute Gasteiger partial charge is 0.298 e. The maximum Gasteiger partial charge on any atom is 0.0125 e. The molecule has 0 aliphatic carbocycles. The molecule has 0 aromatic rings. The smallest absolute Gasteiger partial charge is 0.0125 e. The van der Waals surface area contributed by atoms with Gasteiger partial charge in [-0.05, 0) is 105 Å². The second-order valence-corrected chi connectivity index (χ2v) is 9.17. The van der Waals surface area contributed by atoms with Crippen molar-refractivity contribution in [2.45, 2.75) is 84.7 Å². The van der Waals surface area contributed by atoms with Crippen molar-refractivity contribution in [1.82, 2.24) is 9.80 Å². The first-order chi connectivity index (χ1) is 9.12. The lowest BCUT2D eigenvalue weighted by molar-refractivity contribution is 0.0324. The lowest BCUT2D eigenvalue weighted by atomic mass is 9.72. The Kier molecular flexibility index (Phi) is 4.57. The molecule has 20 heavy (non-hydrogen) atoms. The minimum Gasteiger partial charge on any atom is -0.298 e. The van der Waals surface area contributed by atoms with Gasteiger partial charge in [0, 0.05) is 11.1 Å². The van der Waals surface area contributed by atoms with Crippen LogP contribution in [0, 0.1) is 5.41 Å². The van der Waals surface area contributed by atoms with Gasteiger partial charge >= 0.3 is 0 Å². The average molecular weight is 280 g/mol. The first kappa shape index (κ1) is 16.3. The molecular weight excluding hydrogens is 244 g/mol. The summed E-state index contributed by atoms with van der Waals surface area (Å²) in [6.45, 7) is 19.4. The van der Waals surface area contributed by atoms with Crippen LogP contribution in [0.4, 0.5) is 0 Å². The van der Waals surface area contributed by atoms with E-state index in [1.165, 1.54) is 58.3 Å². The Morgan fingerprint density at radius 1 is 0.600 bits per heavy atom. The van der Waals surface area contributed by atoms with Crippen LogP contribution in [0.15, 0.2) is 0 Å². The van der Waals surface area contributed by atoms with Gasteiger partial charge in [-0.2, -0.15) is 0 Å². The zero-order valence-corrected chi connectivity index (χ0v) is 14.8. The number of hydrogen-bond acceptors (Lipinski definition) is 2. The molecule has 0 radical (unpaired) electrons. The molecule has 2 aliphatic rings. The Morgan fingerprint density at radius 3 is 1.40 bits per heavy atom. The summed E-state index contributed by atoms with van der Waals surface area (Å²) in [4.78, 5) is 5.39. The van der Waals surface area contributed by atoms with Crippen molar-refractivity contribution < 1.29 is 0 Å². The monoisotopic (exact) mass is 280 g/mol. The van der Waals surface area contributed by atoms with Gasteiger partial charge in [-0.25, -0.2) is 0 Å². The standard InChI is InChI=1S/C18H36N2/c1-16(2,3)19-12-7-8-18(9-13-19)10-14-20(15-11-18)17(4,5)6/h7-15H2,1-6H3. The van der Waals surface area contributed by atoms with Crippen LogP contribution in [0.5, 0.6) is 0 Å². The van der Waals surface area contributed by atoms with Crippen LogP contribution in [0.3, 0.4) is 0 Å². The third kappa shape index (κ3) is 3.76. The number of nitrogens with zero attached hydrogens (tertiary/aromatic N) is 2. The number of likely N-dealkylation sites (tertiary alicyclic amines) is 2. The predicted molar refractivity (Wildman–Crippen MR) is 88.2 cm³/mol. The first-order valence-electron chi connectivity index (χ1n) is 8.63. The summed E-state index contributed by atoms with van der Waals surface area (Å²) in [6, 6.07) is 0. The molecule has 2 aliphatic heterocycles. The highest BCUT2D eigenvalue weighted by Crippen LogP contribution is 2.43. The van der Waals surface area contributed by atoms with Crippen molar-refractivity contribution in [2.75, 3.05) is 26.2 Å². The molecule has 0 aromatic heterocycles. The van der Waals surface area contributed by atoms with E-state index in [1.54, 1.807) is 0 Å². The highest BCUT2D eigenvalue weighted by molar-refractivity contribution is 4.93. The molecule has 2 rings (SSSR count). The molecular formula is C18H36N2. The fraction of sp³-hybridized carbons (Fsp3) is 1.00. The van der Waals surface area contributed by atoms with Crippen LogP contribution in [0.1, 0.15) is 73.6 Å². The molecule has 0 saturated carbocycles. The molecule has 2 fully saturated rings.